The highest BCUT2D eigenvalue weighted by molar-refractivity contribution is 7.89. The zero-order valence-electron chi connectivity index (χ0n) is 12.6. The van der Waals surface area contributed by atoms with Crippen LogP contribution >= 0.6 is 0 Å². The van der Waals surface area contributed by atoms with Crippen LogP contribution in [0.2, 0.25) is 0 Å². The van der Waals surface area contributed by atoms with Crippen LogP contribution in [0.15, 0.2) is 17.0 Å². The van der Waals surface area contributed by atoms with E-state index < -0.39 is 10.0 Å². The second kappa shape index (κ2) is 6.74. The summed E-state index contributed by atoms with van der Waals surface area (Å²) in [4.78, 5) is 2.63. The summed E-state index contributed by atoms with van der Waals surface area (Å²) in [6, 6.07) is 3.48. The Bertz CT molecular complexity index is 572. The lowest BCUT2D eigenvalue weighted by Crippen LogP contribution is -2.34. The van der Waals surface area contributed by atoms with E-state index in [1.165, 1.54) is 12.8 Å². The number of hydrazine groups is 1. The van der Waals surface area contributed by atoms with Crippen LogP contribution in [-0.4, -0.2) is 39.5 Å². The highest BCUT2D eigenvalue weighted by Crippen LogP contribution is 2.23. The zero-order chi connectivity index (χ0) is 15.5. The van der Waals surface area contributed by atoms with Gasteiger partial charge in [-0.3, -0.25) is 5.84 Å². The topological polar surface area (TPSA) is 87.5 Å². The van der Waals surface area contributed by atoms with Crippen LogP contribution in [0.3, 0.4) is 0 Å². The van der Waals surface area contributed by atoms with Gasteiger partial charge in [-0.05, 0) is 63.0 Å². The molecule has 0 aliphatic carbocycles. The summed E-state index contributed by atoms with van der Waals surface area (Å²) >= 11 is 0. The fourth-order valence-corrected chi connectivity index (χ4v) is 4.34. The van der Waals surface area contributed by atoms with Crippen molar-refractivity contribution < 1.29 is 8.42 Å². The normalized spacial score (nSPS) is 16.3. The minimum atomic E-state index is -3.48. The quantitative estimate of drug-likeness (QED) is 0.538. The third-order valence-electron chi connectivity index (χ3n) is 3.81. The van der Waals surface area contributed by atoms with Crippen LogP contribution in [0.1, 0.15) is 24.0 Å². The van der Waals surface area contributed by atoms with Crippen molar-refractivity contribution in [2.45, 2.75) is 31.6 Å². The SMILES string of the molecule is Cc1cc(NN)cc(C)c1S(=O)(=O)NCCN1CCCC1. The second-order valence-electron chi connectivity index (χ2n) is 5.53. The smallest absolute Gasteiger partial charge is 0.241 e. The number of aryl methyl sites for hydroxylation is 2. The van der Waals surface area contributed by atoms with Crippen LogP contribution in [-0.2, 0) is 10.0 Å². The molecule has 2 rings (SSSR count). The Morgan fingerprint density at radius 3 is 2.29 bits per heavy atom. The Morgan fingerprint density at radius 1 is 1.19 bits per heavy atom. The molecule has 1 aliphatic heterocycles. The van der Waals surface area contributed by atoms with E-state index in [4.69, 9.17) is 5.84 Å². The molecule has 0 bridgehead atoms. The van der Waals surface area contributed by atoms with E-state index in [0.29, 0.717) is 28.3 Å². The third-order valence-corrected chi connectivity index (χ3v) is 5.58. The molecule has 118 valence electrons. The summed E-state index contributed by atoms with van der Waals surface area (Å²) in [7, 11) is -3.48. The molecule has 6 nitrogen and oxygen atoms in total. The van der Waals surface area contributed by atoms with Crippen molar-refractivity contribution in [3.05, 3.63) is 23.3 Å². The maximum absolute atomic E-state index is 12.5. The minimum absolute atomic E-state index is 0.350. The number of benzene rings is 1. The monoisotopic (exact) mass is 312 g/mol. The zero-order valence-corrected chi connectivity index (χ0v) is 13.5. The van der Waals surface area contributed by atoms with Crippen LogP contribution in [0, 0.1) is 13.8 Å². The van der Waals surface area contributed by atoms with Gasteiger partial charge in [0.2, 0.25) is 10.0 Å². The number of hydrogen-bond donors (Lipinski definition) is 3. The van der Waals surface area contributed by atoms with Crippen molar-refractivity contribution >= 4 is 15.7 Å². The molecule has 1 aromatic rings. The van der Waals surface area contributed by atoms with Gasteiger partial charge in [0.05, 0.1) is 4.90 Å². The summed E-state index contributed by atoms with van der Waals surface area (Å²) < 4.78 is 27.6. The fourth-order valence-electron chi connectivity index (χ4n) is 2.87. The maximum Gasteiger partial charge on any atom is 0.241 e. The molecule has 0 aromatic heterocycles. The van der Waals surface area contributed by atoms with Gasteiger partial charge in [-0.2, -0.15) is 0 Å². The molecule has 0 radical (unpaired) electrons. The van der Waals surface area contributed by atoms with Crippen molar-refractivity contribution in [2.75, 3.05) is 31.6 Å². The number of anilines is 1. The number of rotatable bonds is 6. The van der Waals surface area contributed by atoms with Gasteiger partial charge in [-0.15, -0.1) is 0 Å². The Labute approximate surface area is 126 Å². The first-order valence-electron chi connectivity index (χ1n) is 7.24. The summed E-state index contributed by atoms with van der Waals surface area (Å²) in [6.07, 6.45) is 2.41. The van der Waals surface area contributed by atoms with Crippen LogP contribution < -0.4 is 16.0 Å². The molecule has 0 atom stereocenters. The lowest BCUT2D eigenvalue weighted by atomic mass is 10.1. The summed E-state index contributed by atoms with van der Waals surface area (Å²) in [6.45, 7) is 6.90. The largest absolute Gasteiger partial charge is 0.324 e. The number of sulfonamides is 1. The number of likely N-dealkylation sites (tertiary alicyclic amines) is 1. The van der Waals surface area contributed by atoms with E-state index in [1.807, 2.05) is 0 Å². The Balaban J connectivity index is 2.08. The van der Waals surface area contributed by atoms with Gasteiger partial charge in [0.15, 0.2) is 0 Å². The molecule has 1 fully saturated rings. The van der Waals surface area contributed by atoms with E-state index in [9.17, 15) is 8.42 Å². The van der Waals surface area contributed by atoms with Gasteiger partial charge in [0.25, 0.3) is 0 Å². The van der Waals surface area contributed by atoms with Gasteiger partial charge in [-0.25, -0.2) is 13.1 Å². The Kier molecular flexibility index (Phi) is 5.21. The van der Waals surface area contributed by atoms with Crippen molar-refractivity contribution in [2.24, 2.45) is 5.84 Å². The first-order valence-corrected chi connectivity index (χ1v) is 8.72. The second-order valence-corrected chi connectivity index (χ2v) is 7.23. The minimum Gasteiger partial charge on any atom is -0.324 e. The van der Waals surface area contributed by atoms with Crippen molar-refractivity contribution in [1.29, 1.82) is 0 Å². The highest BCUT2D eigenvalue weighted by atomic mass is 32.2. The van der Waals surface area contributed by atoms with Crippen LogP contribution in [0.5, 0.6) is 0 Å². The van der Waals surface area contributed by atoms with E-state index in [0.717, 1.165) is 19.6 Å². The molecular formula is C14H24N4O2S. The van der Waals surface area contributed by atoms with Gasteiger partial charge in [0.1, 0.15) is 0 Å². The molecule has 1 heterocycles. The molecule has 1 aliphatic rings. The summed E-state index contributed by atoms with van der Waals surface area (Å²) in [5.41, 5.74) is 4.64. The van der Waals surface area contributed by atoms with E-state index in [1.54, 1.807) is 26.0 Å². The molecule has 21 heavy (non-hydrogen) atoms. The first-order chi connectivity index (χ1) is 9.94. The summed E-state index contributed by atoms with van der Waals surface area (Å²) in [5.74, 6) is 5.38. The maximum atomic E-state index is 12.5. The van der Waals surface area contributed by atoms with Crippen molar-refractivity contribution in [3.63, 3.8) is 0 Å². The van der Waals surface area contributed by atoms with Crippen molar-refractivity contribution in [3.8, 4) is 0 Å². The number of nitrogens with zero attached hydrogens (tertiary/aromatic N) is 1. The first kappa shape index (κ1) is 16.2. The predicted molar refractivity (Wildman–Crippen MR) is 84.6 cm³/mol. The van der Waals surface area contributed by atoms with Crippen molar-refractivity contribution in [1.82, 2.24) is 9.62 Å². The molecule has 0 amide bonds. The lowest BCUT2D eigenvalue weighted by molar-refractivity contribution is 0.344. The molecule has 4 N–H and O–H groups in total. The molecule has 1 aromatic carbocycles. The van der Waals surface area contributed by atoms with Gasteiger partial charge < -0.3 is 10.3 Å². The third kappa shape index (κ3) is 3.94. The number of nitrogens with two attached hydrogens (primary N) is 1. The molecule has 0 spiro atoms. The molecule has 7 heteroatoms. The predicted octanol–water partition coefficient (Wildman–Crippen LogP) is 0.963. The standard InChI is InChI=1S/C14H24N4O2S/c1-11-9-13(17-15)10-12(2)14(11)21(19,20)16-5-8-18-6-3-4-7-18/h9-10,16-17H,3-8,15H2,1-2H3. The van der Waals surface area contributed by atoms with Crippen LogP contribution in [0.4, 0.5) is 5.69 Å². The highest BCUT2D eigenvalue weighted by Gasteiger charge is 2.20. The van der Waals surface area contributed by atoms with Gasteiger partial charge >= 0.3 is 0 Å². The van der Waals surface area contributed by atoms with Crippen LogP contribution in [0.25, 0.3) is 0 Å². The molecule has 1 saturated heterocycles. The number of nitrogen functional groups attached to an aromatic ring is 1. The fraction of sp³-hybridized carbons (Fsp3) is 0.571. The molecular weight excluding hydrogens is 288 g/mol. The van der Waals surface area contributed by atoms with Gasteiger partial charge in [0, 0.05) is 18.8 Å². The molecule has 0 unspecified atom stereocenters. The average molecular weight is 312 g/mol. The van der Waals surface area contributed by atoms with Gasteiger partial charge in [-0.1, -0.05) is 0 Å². The number of nitrogens with one attached hydrogen (secondary N) is 2. The van der Waals surface area contributed by atoms with E-state index in [2.05, 4.69) is 15.0 Å². The van der Waals surface area contributed by atoms with E-state index >= 15 is 0 Å². The average Bonchev–Trinajstić information content (AvgIpc) is 2.90. The number of hydrogen-bond acceptors (Lipinski definition) is 5. The molecule has 0 saturated carbocycles. The lowest BCUT2D eigenvalue weighted by Gasteiger charge is -2.17. The Hall–Kier alpha value is -1.15. The Morgan fingerprint density at radius 2 is 1.76 bits per heavy atom. The summed E-state index contributed by atoms with van der Waals surface area (Å²) in [5, 5.41) is 0. The van der Waals surface area contributed by atoms with E-state index in [-0.39, 0.29) is 0 Å².